The van der Waals surface area contributed by atoms with E-state index in [0.29, 0.717) is 22.0 Å². The summed E-state index contributed by atoms with van der Waals surface area (Å²) in [6, 6.07) is 10.7. The number of hydrogen-bond donors (Lipinski definition) is 1. The fourth-order valence-corrected chi connectivity index (χ4v) is 2.98. The van der Waals surface area contributed by atoms with Crippen molar-refractivity contribution in [2.75, 3.05) is 6.61 Å². The minimum absolute atomic E-state index is 0.0745. The molecular weight excluding hydrogens is 370 g/mol. The Balaban J connectivity index is 1.47. The van der Waals surface area contributed by atoms with Crippen molar-refractivity contribution in [3.8, 4) is 17.2 Å². The molecule has 4 aromatic rings. The maximum Gasteiger partial charge on any atom is 0.333 e. The number of phenolic OH excluding ortho intramolecular Hbond substituents is 1. The molecule has 1 N–H and O–H groups in total. The van der Waals surface area contributed by atoms with E-state index in [1.807, 2.05) is 32.3 Å². The molecule has 7 nitrogen and oxygen atoms in total. The second-order valence-electron chi connectivity index (χ2n) is 6.46. The van der Waals surface area contributed by atoms with Crippen LogP contribution in [0.2, 0.25) is 5.02 Å². The van der Waals surface area contributed by atoms with E-state index in [9.17, 15) is 9.90 Å². The monoisotopic (exact) mass is 387 g/mol. The van der Waals surface area contributed by atoms with Gasteiger partial charge >= 0.3 is 5.97 Å². The topological polar surface area (TPSA) is 69.5 Å². The Morgan fingerprint density at radius 2 is 1.96 bits per heavy atom. The molecule has 8 heteroatoms. The molecule has 0 saturated carbocycles. The van der Waals surface area contributed by atoms with Gasteiger partial charge in [0.15, 0.2) is 0 Å². The molecule has 1 unspecified atom stereocenters. The smallest absolute Gasteiger partial charge is 0.333 e. The molecule has 1 atom stereocenters. The lowest BCUT2D eigenvalue weighted by Gasteiger charge is -2.14. The van der Waals surface area contributed by atoms with Crippen molar-refractivity contribution in [1.82, 2.24) is 14.1 Å². The normalized spacial score (nSPS) is 12.7. The number of aromatic hydroxyl groups is 1. The molecule has 0 radical (unpaired) electrons. The number of esters is 1. The Morgan fingerprint density at radius 1 is 1.22 bits per heavy atom. The number of carbonyl (C=O) groups excluding carboxylic acids is 1. The average Bonchev–Trinajstić information content (AvgIpc) is 3.27. The molecule has 0 amide bonds. The Hall–Kier alpha value is -3.06. The molecule has 4 rings (SSSR count). The van der Waals surface area contributed by atoms with Crippen LogP contribution < -0.4 is 4.74 Å². The number of rotatable bonds is 6. The van der Waals surface area contributed by atoms with Crippen molar-refractivity contribution in [2.24, 2.45) is 0 Å². The van der Waals surface area contributed by atoms with Crippen molar-refractivity contribution in [3.05, 3.63) is 53.6 Å². The molecule has 2 aromatic heterocycles. The van der Waals surface area contributed by atoms with Crippen LogP contribution in [0.1, 0.15) is 13.8 Å². The van der Waals surface area contributed by atoms with Gasteiger partial charge in [0.1, 0.15) is 40.9 Å². The van der Waals surface area contributed by atoms with Gasteiger partial charge in [-0.05, 0) is 44.2 Å². The molecule has 2 heterocycles. The summed E-state index contributed by atoms with van der Waals surface area (Å²) in [5.41, 5.74) is 2.96. The number of hydrogen-bond acceptors (Lipinski definition) is 4. The quantitative estimate of drug-likeness (QED) is 0.405. The first kappa shape index (κ1) is 17.4. The van der Waals surface area contributed by atoms with E-state index in [0.717, 1.165) is 11.0 Å². The van der Waals surface area contributed by atoms with E-state index in [-0.39, 0.29) is 12.4 Å². The van der Waals surface area contributed by atoms with Crippen molar-refractivity contribution < 1.29 is 19.4 Å². The van der Waals surface area contributed by atoms with Gasteiger partial charge in [-0.15, -0.1) is 14.1 Å². The predicted octanol–water partition coefficient (Wildman–Crippen LogP) is 3.67. The van der Waals surface area contributed by atoms with E-state index in [2.05, 4.69) is 6.58 Å². The SMILES string of the molecule is C=C(C)C(=O)OC(C)COc1ccc(-n2n3c4ccc(Cl)cc4n23)c(O)c1. The van der Waals surface area contributed by atoms with E-state index in [1.54, 1.807) is 26.0 Å². The third kappa shape index (κ3) is 3.00. The van der Waals surface area contributed by atoms with Crippen LogP contribution in [-0.4, -0.2) is 37.8 Å². The second kappa shape index (κ2) is 6.28. The molecule has 0 aliphatic heterocycles. The lowest BCUT2D eigenvalue weighted by molar-refractivity contribution is -0.144. The van der Waals surface area contributed by atoms with Gasteiger partial charge in [-0.25, -0.2) is 4.79 Å². The van der Waals surface area contributed by atoms with Crippen molar-refractivity contribution in [3.63, 3.8) is 0 Å². The lowest BCUT2D eigenvalue weighted by atomic mass is 10.3. The van der Waals surface area contributed by atoms with E-state index in [1.165, 1.54) is 6.07 Å². The predicted molar refractivity (Wildman–Crippen MR) is 101 cm³/mol. The maximum atomic E-state index is 11.5. The van der Waals surface area contributed by atoms with E-state index >= 15 is 0 Å². The zero-order valence-electron chi connectivity index (χ0n) is 14.8. The highest BCUT2D eigenvalue weighted by atomic mass is 35.5. The van der Waals surface area contributed by atoms with Gasteiger partial charge in [-0.3, -0.25) is 0 Å². The number of ether oxygens (including phenoxy) is 2. The summed E-state index contributed by atoms with van der Waals surface area (Å²) in [6.45, 7) is 7.03. The molecule has 140 valence electrons. The van der Waals surface area contributed by atoms with Crippen LogP contribution in [0.3, 0.4) is 0 Å². The molecule has 0 spiro atoms. The number of benzene rings is 2. The Kier molecular flexibility index (Phi) is 4.04. The molecule has 0 bridgehead atoms. The van der Waals surface area contributed by atoms with Gasteiger partial charge in [0, 0.05) is 16.7 Å². The number of carbonyl (C=O) groups is 1. The molecule has 0 saturated heterocycles. The third-order valence-electron chi connectivity index (χ3n) is 4.18. The highest BCUT2D eigenvalue weighted by molar-refractivity contribution is 6.31. The van der Waals surface area contributed by atoms with Crippen molar-refractivity contribution >= 4 is 28.6 Å². The number of nitrogens with zero attached hydrogens (tertiary/aromatic N) is 3. The Bertz CT molecular complexity index is 1150. The Morgan fingerprint density at radius 3 is 2.67 bits per heavy atom. The van der Waals surface area contributed by atoms with Crippen LogP contribution in [-0.2, 0) is 9.53 Å². The van der Waals surface area contributed by atoms with Crippen molar-refractivity contribution in [2.45, 2.75) is 20.0 Å². The van der Waals surface area contributed by atoms with Crippen LogP contribution in [0.4, 0.5) is 0 Å². The lowest BCUT2D eigenvalue weighted by Crippen LogP contribution is -2.22. The van der Waals surface area contributed by atoms with Crippen LogP contribution >= 0.6 is 11.6 Å². The highest BCUT2D eigenvalue weighted by Gasteiger charge is 2.25. The van der Waals surface area contributed by atoms with E-state index < -0.39 is 12.1 Å². The fraction of sp³-hybridized carbons (Fsp3) is 0.211. The third-order valence-corrected chi connectivity index (χ3v) is 4.42. The summed E-state index contributed by atoms with van der Waals surface area (Å²) in [4.78, 5) is 13.3. The number of aromatic nitrogens is 3. The summed E-state index contributed by atoms with van der Waals surface area (Å²) in [6.07, 6.45) is -0.435. The summed E-state index contributed by atoms with van der Waals surface area (Å²) in [5.74, 6) is 0.101. The first-order valence-corrected chi connectivity index (χ1v) is 8.76. The highest BCUT2D eigenvalue weighted by Crippen LogP contribution is 2.33. The summed E-state index contributed by atoms with van der Waals surface area (Å²) < 4.78 is 14.6. The van der Waals surface area contributed by atoms with Gasteiger partial charge in [0.25, 0.3) is 0 Å². The average molecular weight is 388 g/mol. The van der Waals surface area contributed by atoms with Gasteiger partial charge < -0.3 is 14.6 Å². The van der Waals surface area contributed by atoms with Crippen LogP contribution in [0, 0.1) is 0 Å². The summed E-state index contributed by atoms with van der Waals surface area (Å²) >= 11 is 6.02. The van der Waals surface area contributed by atoms with E-state index in [4.69, 9.17) is 21.1 Å². The molecule has 0 aliphatic rings. The largest absolute Gasteiger partial charge is 0.505 e. The zero-order valence-corrected chi connectivity index (χ0v) is 15.6. The summed E-state index contributed by atoms with van der Waals surface area (Å²) in [5, 5.41) is 11.0. The van der Waals surface area contributed by atoms with Gasteiger partial charge in [0.05, 0.1) is 0 Å². The Labute approximate surface area is 159 Å². The first-order valence-electron chi connectivity index (χ1n) is 8.39. The van der Waals surface area contributed by atoms with Gasteiger partial charge in [-0.2, -0.15) is 0 Å². The molecule has 0 aliphatic carbocycles. The minimum atomic E-state index is -0.455. The maximum absolute atomic E-state index is 11.5. The van der Waals surface area contributed by atoms with Crippen molar-refractivity contribution in [1.29, 1.82) is 0 Å². The van der Waals surface area contributed by atoms with Gasteiger partial charge in [-0.1, -0.05) is 18.2 Å². The molecule has 2 aromatic carbocycles. The van der Waals surface area contributed by atoms with Gasteiger partial charge in [0.2, 0.25) is 0 Å². The second-order valence-corrected chi connectivity index (χ2v) is 6.90. The van der Waals surface area contributed by atoms with Crippen LogP contribution in [0.5, 0.6) is 11.5 Å². The molecule has 27 heavy (non-hydrogen) atoms. The fourth-order valence-electron chi connectivity index (χ4n) is 2.81. The number of halogens is 1. The minimum Gasteiger partial charge on any atom is -0.505 e. The number of phenols is 1. The number of fused-ring (bicyclic) bond motifs is 4. The standard InChI is InChI=1S/C19H18ClN3O4/c1-11(2)19(25)27-12(3)10-26-14-5-7-16(18(24)9-14)22-21-15-6-4-13(20)8-17(15)23(21)22/h4-9,12,24H,1,10H2,2-3H3. The molecule has 0 fully saturated rings. The first-order chi connectivity index (χ1) is 12.9. The van der Waals surface area contributed by atoms with Crippen LogP contribution in [0.15, 0.2) is 48.6 Å². The van der Waals surface area contributed by atoms with Crippen LogP contribution in [0.25, 0.3) is 16.7 Å². The summed E-state index contributed by atoms with van der Waals surface area (Å²) in [7, 11) is 0. The zero-order chi connectivity index (χ0) is 19.3. The molecular formula is C19H18ClN3O4.